The number of aliphatic hydroxyl groups is 1. The summed E-state index contributed by atoms with van der Waals surface area (Å²) in [7, 11) is 0. The molecule has 2 aromatic rings. The molecule has 0 saturated carbocycles. The molecule has 12 heteroatoms. The van der Waals surface area contributed by atoms with Crippen molar-refractivity contribution >= 4 is 40.9 Å². The molecule has 3 amide bonds. The van der Waals surface area contributed by atoms with Gasteiger partial charge < -0.3 is 35.8 Å². The number of carboxylic acids is 1. The number of fused-ring (bicyclic) bond motifs is 1. The average molecular weight is 522 g/mol. The number of hydrogen-bond acceptors (Lipinski definition) is 8. The number of aliphatic carboxylic acids is 1. The van der Waals surface area contributed by atoms with Gasteiger partial charge in [0.1, 0.15) is 11.9 Å². The topological polar surface area (TPSA) is 175 Å². The van der Waals surface area contributed by atoms with Gasteiger partial charge in [0.15, 0.2) is 12.2 Å². The molecule has 2 saturated heterocycles. The van der Waals surface area contributed by atoms with E-state index in [0.717, 1.165) is 11.1 Å². The number of amidine groups is 1. The number of carbonyl (C=O) groups is 4. The molecule has 5 rings (SSSR count). The summed E-state index contributed by atoms with van der Waals surface area (Å²) >= 11 is 0. The third-order valence-electron chi connectivity index (χ3n) is 6.95. The number of carboxylic acid groups (broad SMARTS) is 1. The van der Waals surface area contributed by atoms with Gasteiger partial charge in [-0.3, -0.25) is 19.4 Å². The normalized spacial score (nSPS) is 21.6. The van der Waals surface area contributed by atoms with Crippen LogP contribution in [0, 0.1) is 0 Å². The molecule has 3 atom stereocenters. The summed E-state index contributed by atoms with van der Waals surface area (Å²) in [5.41, 5.74) is 8.48. The first kappa shape index (κ1) is 25.4. The smallest absolute Gasteiger partial charge is 0.326 e. The predicted octanol–water partition coefficient (Wildman–Crippen LogP) is 0.326. The fourth-order valence-electron chi connectivity index (χ4n) is 4.99. The maximum Gasteiger partial charge on any atom is 0.326 e. The van der Waals surface area contributed by atoms with Crippen LogP contribution in [0.5, 0.6) is 0 Å². The summed E-state index contributed by atoms with van der Waals surface area (Å²) < 4.78 is 5.47. The van der Waals surface area contributed by atoms with Crippen LogP contribution in [0.3, 0.4) is 0 Å². The molecule has 198 valence electrons. The number of carbonyl (C=O) groups excluding carboxylic acids is 3. The van der Waals surface area contributed by atoms with E-state index in [4.69, 9.17) is 10.5 Å². The number of ether oxygens (including phenoxy) is 1. The van der Waals surface area contributed by atoms with Crippen LogP contribution >= 0.6 is 0 Å². The van der Waals surface area contributed by atoms with Crippen molar-refractivity contribution in [2.24, 2.45) is 10.7 Å². The molecule has 2 aromatic carbocycles. The van der Waals surface area contributed by atoms with Crippen LogP contribution in [0.1, 0.15) is 34.3 Å². The number of likely N-dealkylation sites (tertiary alicyclic amines) is 1. The minimum Gasteiger partial charge on any atom is -0.480 e. The van der Waals surface area contributed by atoms with Crippen molar-refractivity contribution in [1.29, 1.82) is 0 Å². The van der Waals surface area contributed by atoms with Crippen LogP contribution < -0.4 is 16.0 Å². The molecule has 38 heavy (non-hydrogen) atoms. The second-order valence-corrected chi connectivity index (χ2v) is 9.33. The highest BCUT2D eigenvalue weighted by Gasteiger charge is 2.40. The highest BCUT2D eigenvalue weighted by atomic mass is 16.5. The van der Waals surface area contributed by atoms with Crippen LogP contribution in [0.15, 0.2) is 47.5 Å². The monoisotopic (exact) mass is 521 g/mol. The number of rotatable bonds is 6. The Kier molecular flexibility index (Phi) is 6.83. The molecule has 0 radical (unpaired) electrons. The Morgan fingerprint density at radius 3 is 2.76 bits per heavy atom. The lowest BCUT2D eigenvalue weighted by Gasteiger charge is -2.34. The van der Waals surface area contributed by atoms with E-state index in [9.17, 15) is 29.4 Å². The number of nitrogens with one attached hydrogen (secondary N) is 1. The number of hydrogen-bond donors (Lipinski definition) is 4. The molecule has 12 nitrogen and oxygen atoms in total. The second kappa shape index (κ2) is 10.2. The molecule has 2 fully saturated rings. The van der Waals surface area contributed by atoms with Gasteiger partial charge in [-0.25, -0.2) is 4.79 Å². The van der Waals surface area contributed by atoms with E-state index in [1.807, 2.05) is 0 Å². The number of benzene rings is 2. The zero-order valence-corrected chi connectivity index (χ0v) is 20.4. The van der Waals surface area contributed by atoms with Gasteiger partial charge in [0.05, 0.1) is 13.2 Å². The molecule has 0 spiro atoms. The quantitative estimate of drug-likeness (QED) is 0.420. The van der Waals surface area contributed by atoms with Gasteiger partial charge in [-0.1, -0.05) is 6.07 Å². The van der Waals surface area contributed by atoms with Crippen LogP contribution in [0.25, 0.3) is 0 Å². The number of aliphatic hydroxyl groups excluding tert-OH is 1. The number of anilines is 2. The second-order valence-electron chi connectivity index (χ2n) is 9.33. The Labute approximate surface area is 217 Å². The maximum atomic E-state index is 13.3. The van der Waals surface area contributed by atoms with E-state index < -0.39 is 41.9 Å². The summed E-state index contributed by atoms with van der Waals surface area (Å²) in [5.74, 6) is -2.51. The lowest BCUT2D eigenvalue weighted by atomic mass is 10.1. The first-order chi connectivity index (χ1) is 18.2. The number of nitrogens with two attached hydrogens (primary N) is 1. The lowest BCUT2D eigenvalue weighted by Crippen LogP contribution is -2.55. The van der Waals surface area contributed by atoms with Gasteiger partial charge in [-0.05, 0) is 54.8 Å². The van der Waals surface area contributed by atoms with E-state index in [1.54, 1.807) is 36.4 Å². The van der Waals surface area contributed by atoms with E-state index in [2.05, 4.69) is 10.3 Å². The lowest BCUT2D eigenvalue weighted by molar-refractivity contribution is -0.150. The predicted molar refractivity (Wildman–Crippen MR) is 136 cm³/mol. The van der Waals surface area contributed by atoms with Crippen LogP contribution in [0.4, 0.5) is 11.4 Å². The minimum atomic E-state index is -1.79. The standard InChI is InChI=1S/C26H27N5O7/c27-22-18-7-6-16(11-15(18)13-28-22)29-23(33)20(32)21-25(35)30(9-10-38-21)17-4-1-3-14(12-17)24(34)31-8-2-5-19(31)26(36)37/h1,3-4,6-7,11-12,19-21,32H,2,5,8-10,13H2,(H2,27,28)(H,29,33)(H,36,37)/t19?,20-,21-/m1/s1. The van der Waals surface area contributed by atoms with Crippen molar-refractivity contribution in [2.75, 3.05) is 29.9 Å². The Morgan fingerprint density at radius 2 is 1.97 bits per heavy atom. The first-order valence-electron chi connectivity index (χ1n) is 12.2. The van der Waals surface area contributed by atoms with Gasteiger partial charge in [-0.15, -0.1) is 0 Å². The fourth-order valence-corrected chi connectivity index (χ4v) is 4.99. The summed E-state index contributed by atoms with van der Waals surface area (Å²) in [5, 5.41) is 22.7. The SMILES string of the molecule is NC1=NCc2cc(NC(=O)[C@H](O)[C@H]3OCCN(c4cccc(C(=O)N5CCCC5C(=O)O)c4)C3=O)ccc21. The van der Waals surface area contributed by atoms with E-state index in [0.29, 0.717) is 43.1 Å². The third-order valence-corrected chi connectivity index (χ3v) is 6.95. The zero-order chi connectivity index (χ0) is 27.0. The third kappa shape index (κ3) is 4.71. The number of aliphatic imine (C=N–C) groups is 1. The number of amides is 3. The van der Waals surface area contributed by atoms with Crippen molar-refractivity contribution < 1.29 is 34.1 Å². The molecule has 0 aromatic heterocycles. The summed E-state index contributed by atoms with van der Waals surface area (Å²) in [4.78, 5) is 57.4. The summed E-state index contributed by atoms with van der Waals surface area (Å²) in [6, 6.07) is 10.5. The van der Waals surface area contributed by atoms with E-state index in [-0.39, 0.29) is 18.7 Å². The Morgan fingerprint density at radius 1 is 1.16 bits per heavy atom. The molecule has 3 heterocycles. The van der Waals surface area contributed by atoms with Gasteiger partial charge in [0, 0.05) is 35.6 Å². The molecule has 3 aliphatic heterocycles. The first-order valence-corrected chi connectivity index (χ1v) is 12.2. The number of morpholine rings is 1. The van der Waals surface area contributed by atoms with Crippen molar-refractivity contribution in [3.05, 3.63) is 59.2 Å². The Bertz CT molecular complexity index is 1340. The van der Waals surface area contributed by atoms with Gasteiger partial charge in [-0.2, -0.15) is 0 Å². The molecular weight excluding hydrogens is 494 g/mol. The van der Waals surface area contributed by atoms with Crippen molar-refractivity contribution in [3.8, 4) is 0 Å². The largest absolute Gasteiger partial charge is 0.480 e. The average Bonchev–Trinajstić information content (AvgIpc) is 3.55. The van der Waals surface area contributed by atoms with Crippen LogP contribution in [0.2, 0.25) is 0 Å². The molecule has 0 aliphatic carbocycles. The Hall–Kier alpha value is -4.29. The van der Waals surface area contributed by atoms with Gasteiger partial charge >= 0.3 is 5.97 Å². The van der Waals surface area contributed by atoms with Crippen molar-refractivity contribution in [2.45, 2.75) is 37.6 Å². The van der Waals surface area contributed by atoms with Crippen molar-refractivity contribution in [3.63, 3.8) is 0 Å². The highest BCUT2D eigenvalue weighted by molar-refractivity contribution is 6.05. The number of nitrogens with zero attached hydrogens (tertiary/aromatic N) is 3. The fraction of sp³-hybridized carbons (Fsp3) is 0.346. The van der Waals surface area contributed by atoms with E-state index >= 15 is 0 Å². The van der Waals surface area contributed by atoms with E-state index in [1.165, 1.54) is 15.9 Å². The van der Waals surface area contributed by atoms with Crippen LogP contribution in [-0.2, 0) is 25.7 Å². The van der Waals surface area contributed by atoms with Crippen LogP contribution in [-0.4, -0.2) is 82.6 Å². The molecular formula is C26H27N5O7. The summed E-state index contributed by atoms with van der Waals surface area (Å²) in [6.07, 6.45) is -2.26. The summed E-state index contributed by atoms with van der Waals surface area (Å²) in [6.45, 7) is 0.935. The molecule has 1 unspecified atom stereocenters. The zero-order valence-electron chi connectivity index (χ0n) is 20.4. The molecule has 3 aliphatic rings. The molecule has 0 bridgehead atoms. The Balaban J connectivity index is 1.28. The maximum absolute atomic E-state index is 13.3. The van der Waals surface area contributed by atoms with Gasteiger partial charge in [0.25, 0.3) is 17.7 Å². The van der Waals surface area contributed by atoms with Crippen molar-refractivity contribution in [1.82, 2.24) is 4.90 Å². The minimum absolute atomic E-state index is 0.0571. The molecule has 5 N–H and O–H groups in total. The van der Waals surface area contributed by atoms with Gasteiger partial charge in [0.2, 0.25) is 0 Å². The highest BCUT2D eigenvalue weighted by Crippen LogP contribution is 2.26.